The quantitative estimate of drug-likeness (QED) is 0.524. The number of ether oxygens (including phenoxy) is 1. The summed E-state index contributed by atoms with van der Waals surface area (Å²) in [7, 11) is 1.62. The second kappa shape index (κ2) is 8.24. The maximum Gasteiger partial charge on any atom is 0.136 e. The molecule has 0 bridgehead atoms. The van der Waals surface area contributed by atoms with Crippen molar-refractivity contribution in [3.8, 4) is 23.1 Å². The first kappa shape index (κ1) is 18.3. The van der Waals surface area contributed by atoms with Gasteiger partial charge in [-0.2, -0.15) is 5.26 Å². The van der Waals surface area contributed by atoms with Crippen LogP contribution in [0, 0.1) is 11.3 Å². The lowest BCUT2D eigenvalue weighted by atomic mass is 10.2. The Kier molecular flexibility index (Phi) is 5.79. The molecular formula is C19H13Cl2N3OS. The maximum atomic E-state index is 9.46. The van der Waals surface area contributed by atoms with Crippen LogP contribution < -0.4 is 10.1 Å². The van der Waals surface area contributed by atoms with Crippen molar-refractivity contribution in [1.82, 2.24) is 4.98 Å². The van der Waals surface area contributed by atoms with E-state index in [1.54, 1.807) is 31.5 Å². The Morgan fingerprint density at radius 1 is 1.23 bits per heavy atom. The van der Waals surface area contributed by atoms with Gasteiger partial charge < -0.3 is 10.1 Å². The molecule has 130 valence electrons. The van der Waals surface area contributed by atoms with Gasteiger partial charge in [-0.3, -0.25) is 0 Å². The summed E-state index contributed by atoms with van der Waals surface area (Å²) in [6.07, 6.45) is 1.58. The average molecular weight is 402 g/mol. The molecule has 1 N–H and O–H groups in total. The summed E-state index contributed by atoms with van der Waals surface area (Å²) >= 11 is 13.5. The molecule has 0 spiro atoms. The number of nitrogens with zero attached hydrogens (tertiary/aromatic N) is 2. The number of halogens is 2. The normalized spacial score (nSPS) is 11.1. The smallest absolute Gasteiger partial charge is 0.136 e. The van der Waals surface area contributed by atoms with E-state index in [9.17, 15) is 5.26 Å². The predicted molar refractivity (Wildman–Crippen MR) is 108 cm³/mol. The summed E-state index contributed by atoms with van der Waals surface area (Å²) in [5, 5.41) is 16.1. The van der Waals surface area contributed by atoms with Crippen molar-refractivity contribution in [3.05, 3.63) is 69.1 Å². The van der Waals surface area contributed by atoms with Crippen LogP contribution in [-0.2, 0) is 0 Å². The van der Waals surface area contributed by atoms with E-state index >= 15 is 0 Å². The molecule has 0 aliphatic rings. The van der Waals surface area contributed by atoms with Crippen LogP contribution in [0.5, 0.6) is 5.75 Å². The number of benzene rings is 2. The molecule has 0 unspecified atom stereocenters. The molecule has 1 heterocycles. The Hall–Kier alpha value is -2.52. The fourth-order valence-corrected chi connectivity index (χ4v) is 3.33. The van der Waals surface area contributed by atoms with E-state index in [0.29, 0.717) is 26.3 Å². The van der Waals surface area contributed by atoms with Crippen LogP contribution in [0.15, 0.2) is 54.0 Å². The summed E-state index contributed by atoms with van der Waals surface area (Å²) in [5.41, 5.74) is 2.79. The van der Waals surface area contributed by atoms with Gasteiger partial charge in [0, 0.05) is 22.2 Å². The molecule has 3 aromatic rings. The largest absolute Gasteiger partial charge is 0.497 e. The van der Waals surface area contributed by atoms with Crippen LogP contribution in [0.1, 0.15) is 5.01 Å². The van der Waals surface area contributed by atoms with E-state index in [0.717, 1.165) is 17.0 Å². The Balaban J connectivity index is 1.83. The number of hydrogen-bond acceptors (Lipinski definition) is 5. The van der Waals surface area contributed by atoms with Crippen LogP contribution in [0.4, 0.5) is 5.69 Å². The van der Waals surface area contributed by atoms with Crippen LogP contribution in [0.3, 0.4) is 0 Å². The second-order valence-corrected chi connectivity index (χ2v) is 6.91. The zero-order chi connectivity index (χ0) is 18.5. The molecule has 0 aliphatic carbocycles. The lowest BCUT2D eigenvalue weighted by Crippen LogP contribution is -1.92. The fourth-order valence-electron chi connectivity index (χ4n) is 2.19. The molecule has 0 atom stereocenters. The minimum Gasteiger partial charge on any atom is -0.497 e. The molecule has 0 aliphatic heterocycles. The second-order valence-electron chi connectivity index (χ2n) is 5.20. The third-order valence-electron chi connectivity index (χ3n) is 3.54. The van der Waals surface area contributed by atoms with Crippen molar-refractivity contribution in [2.24, 2.45) is 0 Å². The Morgan fingerprint density at radius 3 is 2.69 bits per heavy atom. The molecule has 3 rings (SSSR count). The van der Waals surface area contributed by atoms with Crippen molar-refractivity contribution < 1.29 is 4.74 Å². The molecule has 26 heavy (non-hydrogen) atoms. The molecule has 0 radical (unpaired) electrons. The Bertz CT molecular complexity index is 991. The summed E-state index contributed by atoms with van der Waals surface area (Å²) in [6.45, 7) is 0. The van der Waals surface area contributed by atoms with Gasteiger partial charge in [-0.15, -0.1) is 11.3 Å². The lowest BCUT2D eigenvalue weighted by Gasteiger charge is -2.04. The zero-order valence-electron chi connectivity index (χ0n) is 13.7. The van der Waals surface area contributed by atoms with Crippen LogP contribution in [0.2, 0.25) is 10.0 Å². The molecule has 0 saturated carbocycles. The number of allylic oxidation sites excluding steroid dienone is 1. The molecule has 7 heteroatoms. The van der Waals surface area contributed by atoms with Gasteiger partial charge in [-0.1, -0.05) is 23.2 Å². The number of aromatic nitrogens is 1. The number of hydrogen-bond donors (Lipinski definition) is 1. The molecule has 2 aromatic carbocycles. The third-order valence-corrected chi connectivity index (χ3v) is 4.98. The topological polar surface area (TPSA) is 57.9 Å². The first-order chi connectivity index (χ1) is 12.6. The highest BCUT2D eigenvalue weighted by Gasteiger charge is 2.10. The first-order valence-electron chi connectivity index (χ1n) is 7.53. The van der Waals surface area contributed by atoms with E-state index in [1.807, 2.05) is 29.6 Å². The summed E-state index contributed by atoms with van der Waals surface area (Å²) in [6, 6.07) is 14.8. The zero-order valence-corrected chi connectivity index (χ0v) is 16.0. The highest BCUT2D eigenvalue weighted by Crippen LogP contribution is 2.29. The lowest BCUT2D eigenvalue weighted by molar-refractivity contribution is 0.415. The molecule has 0 fully saturated rings. The van der Waals surface area contributed by atoms with Crippen molar-refractivity contribution in [3.63, 3.8) is 0 Å². The van der Waals surface area contributed by atoms with Crippen LogP contribution in [-0.4, -0.2) is 12.1 Å². The fraction of sp³-hybridized carbons (Fsp3) is 0.0526. The predicted octanol–water partition coefficient (Wildman–Crippen LogP) is 6.10. The number of thiazole rings is 1. The van der Waals surface area contributed by atoms with Gasteiger partial charge in [0.2, 0.25) is 0 Å². The average Bonchev–Trinajstić information content (AvgIpc) is 3.15. The van der Waals surface area contributed by atoms with Crippen LogP contribution >= 0.6 is 34.5 Å². The molecule has 1 aromatic heterocycles. The number of rotatable bonds is 5. The molecule has 0 saturated heterocycles. The van der Waals surface area contributed by atoms with Gasteiger partial charge in [-0.25, -0.2) is 4.98 Å². The monoisotopic (exact) mass is 401 g/mol. The standard InChI is InChI=1S/C19H13Cl2N3OS/c1-25-15-5-2-12(3-6-15)18-11-26-19(24-18)13(9-22)10-23-17-8-14(20)4-7-16(17)21/h2-8,10-11,23H,1H3. The minimum atomic E-state index is 0.408. The minimum absolute atomic E-state index is 0.408. The number of anilines is 1. The van der Waals surface area contributed by atoms with E-state index in [4.69, 9.17) is 27.9 Å². The van der Waals surface area contributed by atoms with Gasteiger partial charge >= 0.3 is 0 Å². The summed E-state index contributed by atoms with van der Waals surface area (Å²) < 4.78 is 5.16. The van der Waals surface area contributed by atoms with Crippen molar-refractivity contribution >= 4 is 45.8 Å². The van der Waals surface area contributed by atoms with E-state index in [-0.39, 0.29) is 0 Å². The number of methoxy groups -OCH3 is 1. The van der Waals surface area contributed by atoms with E-state index < -0.39 is 0 Å². The highest BCUT2D eigenvalue weighted by atomic mass is 35.5. The first-order valence-corrected chi connectivity index (χ1v) is 9.16. The van der Waals surface area contributed by atoms with E-state index in [2.05, 4.69) is 16.4 Å². The maximum absolute atomic E-state index is 9.46. The number of nitrogens with one attached hydrogen (secondary N) is 1. The van der Waals surface area contributed by atoms with Gasteiger partial charge in [0.1, 0.15) is 22.4 Å². The SMILES string of the molecule is COc1ccc(-c2csc(C(C#N)=CNc3cc(Cl)ccc3Cl)n2)cc1. The van der Waals surface area contributed by atoms with Crippen LogP contribution in [0.25, 0.3) is 16.8 Å². The van der Waals surface area contributed by atoms with Gasteiger partial charge in [0.25, 0.3) is 0 Å². The van der Waals surface area contributed by atoms with E-state index in [1.165, 1.54) is 11.3 Å². The molecular weight excluding hydrogens is 389 g/mol. The highest BCUT2D eigenvalue weighted by molar-refractivity contribution is 7.11. The Labute approximate surface area is 165 Å². The number of nitriles is 1. The van der Waals surface area contributed by atoms with Gasteiger partial charge in [-0.05, 0) is 42.5 Å². The van der Waals surface area contributed by atoms with Gasteiger partial charge in [0.15, 0.2) is 0 Å². The van der Waals surface area contributed by atoms with Crippen molar-refractivity contribution in [2.75, 3.05) is 12.4 Å². The summed E-state index contributed by atoms with van der Waals surface area (Å²) in [5.74, 6) is 0.782. The third kappa shape index (κ3) is 4.17. The van der Waals surface area contributed by atoms with Gasteiger partial charge in [0.05, 0.1) is 23.5 Å². The Morgan fingerprint density at radius 2 is 2.00 bits per heavy atom. The molecule has 4 nitrogen and oxygen atoms in total. The molecule has 0 amide bonds. The van der Waals surface area contributed by atoms with Crippen molar-refractivity contribution in [2.45, 2.75) is 0 Å². The summed E-state index contributed by atoms with van der Waals surface area (Å²) in [4.78, 5) is 4.55. The van der Waals surface area contributed by atoms with Crippen molar-refractivity contribution in [1.29, 1.82) is 5.26 Å².